The monoisotopic (exact) mass is 467 g/mol. The number of benzene rings is 2. The zero-order valence-corrected chi connectivity index (χ0v) is 17.6. The second-order valence-electron chi connectivity index (χ2n) is 7.20. The van der Waals surface area contributed by atoms with Crippen LogP contribution in [-0.2, 0) is 23.4 Å². The Morgan fingerprint density at radius 2 is 2.03 bits per heavy atom. The van der Waals surface area contributed by atoms with Crippen LogP contribution in [0.1, 0.15) is 12.0 Å². The van der Waals surface area contributed by atoms with E-state index in [0.29, 0.717) is 23.6 Å². The average molecular weight is 467 g/mol. The molecule has 1 fully saturated rings. The van der Waals surface area contributed by atoms with Gasteiger partial charge < -0.3 is 9.64 Å². The molecule has 2 aliphatic heterocycles. The molecular weight excluding hydrogens is 448 g/mol. The Bertz CT molecular complexity index is 1030. The largest absolute Gasteiger partial charge is 2.00 e. The molecule has 1 aromatic heterocycles. The van der Waals surface area contributed by atoms with E-state index in [1.54, 1.807) is 12.1 Å². The maximum Gasteiger partial charge on any atom is 2.00 e. The van der Waals surface area contributed by atoms with Gasteiger partial charge in [0, 0.05) is 23.9 Å². The van der Waals surface area contributed by atoms with Crippen molar-refractivity contribution in [1.82, 2.24) is 14.7 Å². The number of nitriles is 1. The summed E-state index contributed by atoms with van der Waals surface area (Å²) in [5.41, 5.74) is 1.46. The zero-order valence-electron chi connectivity index (χ0n) is 16.4. The van der Waals surface area contributed by atoms with Gasteiger partial charge in [-0.15, -0.1) is 54.5 Å². The van der Waals surface area contributed by atoms with Crippen molar-refractivity contribution < 1.29 is 35.0 Å². The molecule has 0 saturated carbocycles. The fourth-order valence-corrected chi connectivity index (χ4v) is 3.61. The second kappa shape index (κ2) is 9.65. The Hall–Kier alpha value is -2.66. The van der Waals surface area contributed by atoms with Crippen molar-refractivity contribution in [3.05, 3.63) is 66.7 Å². The van der Waals surface area contributed by atoms with Crippen LogP contribution in [0.3, 0.4) is 0 Å². The summed E-state index contributed by atoms with van der Waals surface area (Å²) in [6.07, 6.45) is -0.288. The van der Waals surface area contributed by atoms with Gasteiger partial charge in [0.05, 0.1) is 18.6 Å². The van der Waals surface area contributed by atoms with Crippen molar-refractivity contribution in [3.8, 4) is 11.8 Å². The van der Waals surface area contributed by atoms with E-state index in [9.17, 15) is 13.2 Å². The molecule has 0 N–H and O–H groups in total. The topological polar surface area (TPSA) is 54.1 Å². The average Bonchev–Trinajstić information content (AvgIpc) is 3.41. The van der Waals surface area contributed by atoms with E-state index in [2.05, 4.69) is 34.6 Å². The van der Waals surface area contributed by atoms with E-state index in [0.717, 1.165) is 31.5 Å². The van der Waals surface area contributed by atoms with Crippen molar-refractivity contribution in [1.29, 1.82) is 5.26 Å². The van der Waals surface area contributed by atoms with Crippen LogP contribution >= 0.6 is 0 Å². The third-order valence-corrected chi connectivity index (χ3v) is 5.16. The quantitative estimate of drug-likeness (QED) is 0.399. The predicted molar refractivity (Wildman–Crippen MR) is 104 cm³/mol. The molecule has 9 heteroatoms. The number of halogens is 3. The molecule has 0 bridgehead atoms. The van der Waals surface area contributed by atoms with Gasteiger partial charge in [0.2, 0.25) is 0 Å². The zero-order chi connectivity index (χ0) is 21.1. The number of nitrogens with zero attached hydrogens (tertiary/aromatic N) is 4. The van der Waals surface area contributed by atoms with Crippen LogP contribution in [-0.4, -0.2) is 40.4 Å². The van der Waals surface area contributed by atoms with Crippen LogP contribution in [0.5, 0.6) is 5.75 Å². The number of aromatic nitrogens is 2. The maximum atomic E-state index is 12.1. The predicted octanol–water partition coefficient (Wildman–Crippen LogP) is 4.16. The molecule has 2 aliphatic rings. The first-order valence-corrected chi connectivity index (χ1v) is 9.57. The first kappa shape index (κ1) is 23.0. The van der Waals surface area contributed by atoms with Crippen LogP contribution < -0.4 is 4.74 Å². The minimum atomic E-state index is -4.45. The van der Waals surface area contributed by atoms with Gasteiger partial charge in [-0.05, 0) is 19.2 Å². The van der Waals surface area contributed by atoms with E-state index < -0.39 is 6.30 Å². The Morgan fingerprint density at radius 3 is 2.74 bits per heavy atom. The van der Waals surface area contributed by atoms with Gasteiger partial charge >= 0.3 is 23.4 Å². The molecule has 0 unspecified atom stereocenters. The minimum Gasteiger partial charge on any atom is -0.550 e. The summed E-state index contributed by atoms with van der Waals surface area (Å²) in [5.74, 6) is 1.17. The Morgan fingerprint density at radius 1 is 1.23 bits per heavy atom. The van der Waals surface area contributed by atoms with Gasteiger partial charge in [-0.1, -0.05) is 12.1 Å². The van der Waals surface area contributed by atoms with Gasteiger partial charge in [0.15, 0.2) is 0 Å². The van der Waals surface area contributed by atoms with E-state index in [-0.39, 0.29) is 27.7 Å². The maximum absolute atomic E-state index is 12.1. The van der Waals surface area contributed by atoms with Gasteiger partial charge in [0.1, 0.15) is 0 Å². The van der Waals surface area contributed by atoms with E-state index >= 15 is 0 Å². The molecule has 31 heavy (non-hydrogen) atoms. The number of rotatable bonds is 1. The molecule has 1 radical (unpaired) electrons. The molecule has 161 valence electrons. The minimum absolute atomic E-state index is 0. The molecule has 2 aromatic carbocycles. The van der Waals surface area contributed by atoms with Gasteiger partial charge in [-0.2, -0.15) is 17.7 Å². The summed E-state index contributed by atoms with van der Waals surface area (Å²) in [5, 5.41) is 12.6. The SMILES string of the molecule is FC(F)(F)n1cc2[c-]cccc2n1.N#C[C@H]1CCN([C@@H]2[CH-]c3ccccc3OC2)C1.[Mn+2]. The third kappa shape index (κ3) is 5.34. The van der Waals surface area contributed by atoms with Crippen molar-refractivity contribution in [2.24, 2.45) is 5.92 Å². The summed E-state index contributed by atoms with van der Waals surface area (Å²) in [7, 11) is 0. The molecule has 3 aromatic rings. The summed E-state index contributed by atoms with van der Waals surface area (Å²) >= 11 is 0. The third-order valence-electron chi connectivity index (χ3n) is 5.16. The summed E-state index contributed by atoms with van der Waals surface area (Å²) < 4.78 is 42.1. The number of hydrogen-bond acceptors (Lipinski definition) is 4. The van der Waals surface area contributed by atoms with Crippen molar-refractivity contribution in [3.63, 3.8) is 0 Å². The molecule has 5 nitrogen and oxygen atoms in total. The first-order valence-electron chi connectivity index (χ1n) is 9.57. The van der Waals surface area contributed by atoms with Crippen molar-refractivity contribution in [2.75, 3.05) is 19.7 Å². The van der Waals surface area contributed by atoms with Gasteiger partial charge in [0.25, 0.3) is 0 Å². The first-order chi connectivity index (χ1) is 14.4. The fourth-order valence-electron chi connectivity index (χ4n) is 3.61. The fraction of sp³-hybridized carbons (Fsp3) is 0.318. The molecule has 1 saturated heterocycles. The molecule has 2 atom stereocenters. The molecule has 3 heterocycles. The summed E-state index contributed by atoms with van der Waals surface area (Å²) in [4.78, 5) is 2.35. The number of fused-ring (bicyclic) bond motifs is 2. The van der Waals surface area contributed by atoms with E-state index in [4.69, 9.17) is 10.00 Å². The van der Waals surface area contributed by atoms with E-state index in [1.807, 2.05) is 18.2 Å². The number of hydrogen-bond donors (Lipinski definition) is 0. The Balaban J connectivity index is 0.000000176. The number of alkyl halides is 3. The Labute approximate surface area is 188 Å². The number of ether oxygens (including phenoxy) is 1. The Kier molecular flexibility index (Phi) is 7.16. The van der Waals surface area contributed by atoms with Crippen LogP contribution in [0.15, 0.2) is 48.7 Å². The molecule has 0 aliphatic carbocycles. The van der Waals surface area contributed by atoms with Crippen LogP contribution in [0.2, 0.25) is 0 Å². The van der Waals surface area contributed by atoms with E-state index in [1.165, 1.54) is 11.6 Å². The number of likely N-dealkylation sites (tertiary alicyclic amines) is 1. The van der Waals surface area contributed by atoms with Crippen LogP contribution in [0.25, 0.3) is 10.9 Å². The molecule has 0 spiro atoms. The standard InChI is InChI=1S/C14H15N2O.C8H4F3N2.Mn/c15-8-11-5-6-16(9-11)13-7-12-3-1-2-4-14(12)17-10-13;9-8(10,11)13-5-6-3-1-2-4-7(6)12-13;/h1-4,7,11,13H,5-6,9-10H2;1-2,4-5H;/q2*-1;+2/t11-,13-;;/m1../s1. The number of para-hydroxylation sites is 1. The van der Waals surface area contributed by atoms with Crippen LogP contribution in [0, 0.1) is 29.7 Å². The second-order valence-corrected chi connectivity index (χ2v) is 7.20. The normalized spacial score (nSPS) is 20.3. The smallest absolute Gasteiger partial charge is 0.550 e. The summed E-state index contributed by atoms with van der Waals surface area (Å²) in [6, 6.07) is 18.1. The van der Waals surface area contributed by atoms with Crippen molar-refractivity contribution >= 4 is 10.9 Å². The van der Waals surface area contributed by atoms with Gasteiger partial charge in [-0.25, -0.2) is 9.78 Å². The molecule has 0 amide bonds. The van der Waals surface area contributed by atoms with Crippen LogP contribution in [0.4, 0.5) is 13.2 Å². The molecular formula is C22H19F3MnN4O. The molecule has 5 rings (SSSR count). The van der Waals surface area contributed by atoms with Crippen molar-refractivity contribution in [2.45, 2.75) is 18.8 Å². The van der Waals surface area contributed by atoms with Gasteiger partial charge in [-0.3, -0.25) is 0 Å². The summed E-state index contributed by atoms with van der Waals surface area (Å²) in [6.45, 7) is 2.59.